The Balaban J connectivity index is 2.37. The maximum absolute atomic E-state index is 5.00. The number of aliphatic imine (C=N–C) groups is 4. The van der Waals surface area contributed by atoms with Gasteiger partial charge in [0.05, 0.1) is 0 Å². The first-order chi connectivity index (χ1) is 6.31. The monoisotopic (exact) mass is 189 g/mol. The molecular weight excluding hydrogens is 184 g/mol. The van der Waals surface area contributed by atoms with E-state index in [0.717, 1.165) is 0 Å². The lowest BCUT2D eigenvalue weighted by Crippen LogP contribution is -2.23. The van der Waals surface area contributed by atoms with Gasteiger partial charge in [0.1, 0.15) is 11.5 Å². The second-order valence-corrected chi connectivity index (χ2v) is 2.82. The van der Waals surface area contributed by atoms with E-state index >= 15 is 0 Å². The second kappa shape index (κ2) is 3.10. The Kier molecular flexibility index (Phi) is 1.94. The smallest absolute Gasteiger partial charge is 0.200 e. The number of hydrogen-bond acceptors (Lipinski definition) is 4. The van der Waals surface area contributed by atoms with Crippen molar-refractivity contribution in [3.63, 3.8) is 0 Å². The Hall–Kier alpha value is -1.49. The van der Waals surface area contributed by atoms with Crippen molar-refractivity contribution in [2.75, 3.05) is 0 Å². The normalized spacial score (nSPS) is 19.1. The van der Waals surface area contributed by atoms with Crippen molar-refractivity contribution in [1.82, 2.24) is 0 Å². The highest BCUT2D eigenvalue weighted by molar-refractivity contribution is 7.82. The molecule has 5 heteroatoms. The summed E-state index contributed by atoms with van der Waals surface area (Å²) in [7, 11) is 0. The zero-order valence-electron chi connectivity index (χ0n) is 6.69. The van der Waals surface area contributed by atoms with Crippen molar-refractivity contribution in [2.45, 2.75) is 6.42 Å². The van der Waals surface area contributed by atoms with Gasteiger partial charge in [-0.15, -0.1) is 6.58 Å². The van der Waals surface area contributed by atoms with Crippen LogP contribution in [0.15, 0.2) is 32.6 Å². The van der Waals surface area contributed by atoms with Gasteiger partial charge in [-0.25, -0.2) is 20.0 Å². The van der Waals surface area contributed by atoms with Gasteiger partial charge in [-0.05, 0) is 0 Å². The van der Waals surface area contributed by atoms with E-state index in [9.17, 15) is 0 Å². The van der Waals surface area contributed by atoms with E-state index in [1.807, 2.05) is 0 Å². The first-order valence-electron chi connectivity index (χ1n) is 3.66. The van der Waals surface area contributed by atoms with E-state index in [1.165, 1.54) is 0 Å². The summed E-state index contributed by atoms with van der Waals surface area (Å²) < 4.78 is 0. The number of rotatable bonds is 2. The molecule has 0 aromatic rings. The number of thiocarbonyl (C=S) groups is 1. The van der Waals surface area contributed by atoms with Crippen LogP contribution < -0.4 is 0 Å². The predicted molar refractivity (Wildman–Crippen MR) is 57.2 cm³/mol. The zero-order chi connectivity index (χ0) is 9.26. The Labute approximate surface area is 80.5 Å². The molecule has 0 saturated carbocycles. The van der Waals surface area contributed by atoms with Gasteiger partial charge < -0.3 is 0 Å². The SMILES string of the molecule is C=CCC1=NC(=S)C2=N[C]=NC2=N1. The minimum Gasteiger partial charge on any atom is -0.219 e. The molecule has 0 aromatic heterocycles. The summed E-state index contributed by atoms with van der Waals surface area (Å²) in [6.07, 6.45) is 4.76. The molecule has 0 atom stereocenters. The number of amidine groups is 2. The molecule has 1 radical (unpaired) electrons. The summed E-state index contributed by atoms with van der Waals surface area (Å²) in [5, 5.41) is 0. The van der Waals surface area contributed by atoms with E-state index in [1.54, 1.807) is 6.08 Å². The summed E-state index contributed by atoms with van der Waals surface area (Å²) >= 11 is 5.00. The van der Waals surface area contributed by atoms with Gasteiger partial charge in [0.25, 0.3) is 0 Å². The lowest BCUT2D eigenvalue weighted by Gasteiger charge is -2.06. The summed E-state index contributed by atoms with van der Waals surface area (Å²) in [6.45, 7) is 3.60. The molecule has 0 spiro atoms. The highest BCUT2D eigenvalue weighted by atomic mass is 32.1. The third-order valence-electron chi connectivity index (χ3n) is 1.52. The molecule has 0 unspecified atom stereocenters. The van der Waals surface area contributed by atoms with Crippen LogP contribution in [0, 0.1) is 0 Å². The maximum atomic E-state index is 5.00. The molecule has 0 saturated heterocycles. The van der Waals surface area contributed by atoms with Crippen LogP contribution in [0.2, 0.25) is 0 Å². The summed E-state index contributed by atoms with van der Waals surface area (Å²) in [5.41, 5.74) is 0.544. The molecule has 13 heavy (non-hydrogen) atoms. The summed E-state index contributed by atoms with van der Waals surface area (Å²) in [5.74, 6) is 1.14. The van der Waals surface area contributed by atoms with E-state index in [0.29, 0.717) is 28.8 Å². The molecule has 0 bridgehead atoms. The average molecular weight is 189 g/mol. The van der Waals surface area contributed by atoms with Crippen LogP contribution in [0.3, 0.4) is 0 Å². The maximum Gasteiger partial charge on any atom is 0.200 e. The quantitative estimate of drug-likeness (QED) is 0.473. The van der Waals surface area contributed by atoms with Crippen molar-refractivity contribution < 1.29 is 0 Å². The largest absolute Gasteiger partial charge is 0.219 e. The molecule has 2 heterocycles. The first-order valence-corrected chi connectivity index (χ1v) is 4.07. The third-order valence-corrected chi connectivity index (χ3v) is 1.81. The number of fused-ring (bicyclic) bond motifs is 1. The fraction of sp³-hybridized carbons (Fsp3) is 0.125. The van der Waals surface area contributed by atoms with Crippen LogP contribution >= 0.6 is 12.2 Å². The highest BCUT2D eigenvalue weighted by Gasteiger charge is 2.22. The van der Waals surface area contributed by atoms with E-state index < -0.39 is 0 Å². The van der Waals surface area contributed by atoms with Gasteiger partial charge in [0, 0.05) is 6.42 Å². The molecule has 2 aliphatic heterocycles. The molecular formula is C8H5N4S. The van der Waals surface area contributed by atoms with Crippen LogP contribution in [-0.2, 0) is 0 Å². The van der Waals surface area contributed by atoms with Crippen molar-refractivity contribution in [3.05, 3.63) is 12.7 Å². The molecule has 2 aliphatic rings. The van der Waals surface area contributed by atoms with Gasteiger partial charge in [0.15, 0.2) is 10.8 Å². The molecule has 0 fully saturated rings. The van der Waals surface area contributed by atoms with Gasteiger partial charge in [-0.3, -0.25) is 0 Å². The van der Waals surface area contributed by atoms with Crippen LogP contribution in [0.4, 0.5) is 0 Å². The van der Waals surface area contributed by atoms with Crippen LogP contribution in [0.1, 0.15) is 6.42 Å². The Morgan fingerprint density at radius 2 is 2.31 bits per heavy atom. The minimum absolute atomic E-state index is 0.426. The molecule has 0 amide bonds. The summed E-state index contributed by atoms with van der Waals surface area (Å²) in [4.78, 5) is 16.3. The lowest BCUT2D eigenvalue weighted by atomic mass is 10.3. The van der Waals surface area contributed by atoms with Crippen molar-refractivity contribution in [2.24, 2.45) is 20.0 Å². The highest BCUT2D eigenvalue weighted by Crippen LogP contribution is 2.07. The lowest BCUT2D eigenvalue weighted by molar-refractivity contribution is 1.38. The van der Waals surface area contributed by atoms with Crippen molar-refractivity contribution in [1.29, 1.82) is 0 Å². The summed E-state index contributed by atoms with van der Waals surface area (Å²) in [6, 6.07) is 0. The molecule has 63 valence electrons. The standard InChI is InChI=1S/C8H5N4S/c1-2-3-5-11-7-6(8(13)12-5)9-4-10-7/h2H,1,3H2. The Bertz CT molecular complexity index is 400. The predicted octanol–water partition coefficient (Wildman–Crippen LogP) is 1.06. The Morgan fingerprint density at radius 3 is 3.08 bits per heavy atom. The second-order valence-electron chi connectivity index (χ2n) is 2.43. The molecule has 0 aromatic carbocycles. The molecule has 4 nitrogen and oxygen atoms in total. The fourth-order valence-electron chi connectivity index (χ4n) is 0.985. The van der Waals surface area contributed by atoms with E-state index in [-0.39, 0.29) is 0 Å². The average Bonchev–Trinajstić information content (AvgIpc) is 2.53. The topological polar surface area (TPSA) is 49.4 Å². The molecule has 2 rings (SSSR count). The number of hydrogen-bond donors (Lipinski definition) is 0. The molecule has 0 aliphatic carbocycles. The van der Waals surface area contributed by atoms with Crippen LogP contribution in [0.25, 0.3) is 0 Å². The molecule has 0 N–H and O–H groups in total. The minimum atomic E-state index is 0.426. The van der Waals surface area contributed by atoms with Gasteiger partial charge >= 0.3 is 0 Å². The zero-order valence-corrected chi connectivity index (χ0v) is 7.51. The van der Waals surface area contributed by atoms with Crippen LogP contribution in [0.5, 0.6) is 0 Å². The first kappa shape index (κ1) is 8.12. The van der Waals surface area contributed by atoms with Crippen molar-refractivity contribution >= 4 is 40.9 Å². The van der Waals surface area contributed by atoms with E-state index in [4.69, 9.17) is 12.2 Å². The Morgan fingerprint density at radius 1 is 1.46 bits per heavy atom. The van der Waals surface area contributed by atoms with Gasteiger partial charge in [-0.1, -0.05) is 18.3 Å². The van der Waals surface area contributed by atoms with Crippen LogP contribution in [-0.4, -0.2) is 28.7 Å². The van der Waals surface area contributed by atoms with Crippen molar-refractivity contribution in [3.8, 4) is 0 Å². The fourth-order valence-corrected chi connectivity index (χ4v) is 1.23. The van der Waals surface area contributed by atoms with E-state index in [2.05, 4.69) is 32.9 Å². The van der Waals surface area contributed by atoms with Gasteiger partial charge in [0.2, 0.25) is 6.34 Å². The van der Waals surface area contributed by atoms with Gasteiger partial charge in [-0.2, -0.15) is 0 Å². The number of nitrogens with zero attached hydrogens (tertiary/aromatic N) is 4. The third kappa shape index (κ3) is 1.38.